The molecule has 2 N–H and O–H groups in total. The van der Waals surface area contributed by atoms with Crippen molar-refractivity contribution in [3.8, 4) is 11.1 Å². The average Bonchev–Trinajstić information content (AvgIpc) is 3.26. The smallest absolute Gasteiger partial charge is 0.223 e. The zero-order valence-electron chi connectivity index (χ0n) is 15.1. The fraction of sp³-hybridized carbons (Fsp3) is 0.278. The number of aliphatic hydroxyl groups excluding tert-OH is 1. The van der Waals surface area contributed by atoms with Crippen molar-refractivity contribution in [3.05, 3.63) is 35.9 Å². The molecule has 4 heterocycles. The van der Waals surface area contributed by atoms with Crippen molar-refractivity contribution in [2.45, 2.75) is 33.3 Å². The molecule has 0 aromatic carbocycles. The average molecular weight is 382 g/mol. The molecular formula is C18H18N6O2S. The quantitative estimate of drug-likeness (QED) is 0.562. The Kier molecular flexibility index (Phi) is 4.33. The number of anilines is 1. The number of hydrogen-bond donors (Lipinski definition) is 2. The van der Waals surface area contributed by atoms with Gasteiger partial charge in [-0.25, -0.2) is 14.5 Å². The predicted molar refractivity (Wildman–Crippen MR) is 104 cm³/mol. The van der Waals surface area contributed by atoms with Crippen LogP contribution < -0.4 is 5.32 Å². The minimum absolute atomic E-state index is 0.172. The highest BCUT2D eigenvalue weighted by molar-refractivity contribution is 7.22. The Morgan fingerprint density at radius 3 is 2.85 bits per heavy atom. The van der Waals surface area contributed by atoms with Gasteiger partial charge in [0, 0.05) is 24.2 Å². The highest BCUT2D eigenvalue weighted by Crippen LogP contribution is 2.34. The number of carbonyl (C=O) groups is 1. The number of aromatic nitrogens is 5. The van der Waals surface area contributed by atoms with Crippen molar-refractivity contribution in [2.24, 2.45) is 0 Å². The summed E-state index contributed by atoms with van der Waals surface area (Å²) in [6.07, 6.45) is 3.28. The van der Waals surface area contributed by atoms with Crippen molar-refractivity contribution in [1.29, 1.82) is 0 Å². The molecule has 9 heteroatoms. The largest absolute Gasteiger partial charge is 0.387 e. The minimum Gasteiger partial charge on any atom is -0.387 e. The van der Waals surface area contributed by atoms with Crippen LogP contribution in [0.1, 0.15) is 37.6 Å². The standard InChI is InChI=1S/C18H18N6O2S/c1-4-15(26)13-5-9(2)12(7-19-13)11-6-14-17(24-16(11)20-8-21-24)27-18(23-14)22-10(3)25/h5-8,15,26H,4H2,1-3H3,(H,22,23,25). The molecule has 8 nitrogen and oxygen atoms in total. The van der Waals surface area contributed by atoms with Crippen molar-refractivity contribution in [2.75, 3.05) is 5.32 Å². The van der Waals surface area contributed by atoms with Gasteiger partial charge in [0.25, 0.3) is 0 Å². The van der Waals surface area contributed by atoms with Crippen LogP contribution in [-0.2, 0) is 4.79 Å². The topological polar surface area (TPSA) is 105 Å². The van der Waals surface area contributed by atoms with Crippen LogP contribution in [0.3, 0.4) is 0 Å². The first-order valence-corrected chi connectivity index (χ1v) is 9.35. The molecule has 1 atom stereocenters. The highest BCUT2D eigenvalue weighted by atomic mass is 32.1. The summed E-state index contributed by atoms with van der Waals surface area (Å²) in [7, 11) is 0. The van der Waals surface area contributed by atoms with E-state index in [0.717, 1.165) is 21.5 Å². The first-order chi connectivity index (χ1) is 13.0. The number of fused-ring (bicyclic) bond motifs is 3. The fourth-order valence-electron chi connectivity index (χ4n) is 3.00. The summed E-state index contributed by atoms with van der Waals surface area (Å²) in [4.78, 5) is 25.5. The van der Waals surface area contributed by atoms with Gasteiger partial charge < -0.3 is 10.4 Å². The van der Waals surface area contributed by atoms with Crippen LogP contribution in [0.4, 0.5) is 5.13 Å². The van der Waals surface area contributed by atoms with Crippen LogP contribution >= 0.6 is 11.3 Å². The molecule has 0 spiro atoms. The summed E-state index contributed by atoms with van der Waals surface area (Å²) in [5, 5.41) is 17.6. The van der Waals surface area contributed by atoms with Gasteiger partial charge in [-0.2, -0.15) is 5.10 Å². The van der Waals surface area contributed by atoms with Gasteiger partial charge in [-0.05, 0) is 31.0 Å². The third-order valence-electron chi connectivity index (χ3n) is 4.33. The van der Waals surface area contributed by atoms with Crippen molar-refractivity contribution >= 4 is 38.4 Å². The van der Waals surface area contributed by atoms with Gasteiger partial charge in [-0.15, -0.1) is 0 Å². The zero-order chi connectivity index (χ0) is 19.1. The van der Waals surface area contributed by atoms with E-state index in [1.54, 1.807) is 10.7 Å². The van der Waals surface area contributed by atoms with Crippen molar-refractivity contribution in [3.63, 3.8) is 0 Å². The summed E-state index contributed by atoms with van der Waals surface area (Å²) in [5.41, 5.74) is 4.79. The third kappa shape index (κ3) is 3.04. The second kappa shape index (κ2) is 6.67. The Hall–Kier alpha value is -2.91. The number of thiazole rings is 1. The first-order valence-electron chi connectivity index (χ1n) is 8.53. The van der Waals surface area contributed by atoms with Crippen molar-refractivity contribution in [1.82, 2.24) is 24.6 Å². The van der Waals surface area contributed by atoms with Crippen LogP contribution in [0.2, 0.25) is 0 Å². The predicted octanol–water partition coefficient (Wildman–Crippen LogP) is 3.11. The Balaban J connectivity index is 1.90. The molecule has 0 saturated carbocycles. The van der Waals surface area contributed by atoms with Gasteiger partial charge in [0.05, 0.1) is 11.8 Å². The van der Waals surface area contributed by atoms with Crippen LogP contribution in [-0.4, -0.2) is 35.6 Å². The van der Waals surface area contributed by atoms with E-state index in [4.69, 9.17) is 0 Å². The van der Waals surface area contributed by atoms with E-state index in [1.807, 2.05) is 26.0 Å². The number of nitrogens with one attached hydrogen (secondary N) is 1. The van der Waals surface area contributed by atoms with Crippen LogP contribution in [0, 0.1) is 6.92 Å². The first kappa shape index (κ1) is 17.5. The molecular weight excluding hydrogens is 364 g/mol. The van der Waals surface area contributed by atoms with Gasteiger partial charge >= 0.3 is 0 Å². The summed E-state index contributed by atoms with van der Waals surface area (Å²) in [6, 6.07) is 3.82. The molecule has 0 fully saturated rings. The SMILES string of the molecule is CCC(O)c1cc(C)c(-c2cc3nc(NC(C)=O)sc3n3ncnc23)cn1. The number of hydrogen-bond acceptors (Lipinski definition) is 7. The van der Waals surface area contributed by atoms with E-state index >= 15 is 0 Å². The maximum absolute atomic E-state index is 11.3. The molecule has 27 heavy (non-hydrogen) atoms. The van der Waals surface area contributed by atoms with Gasteiger partial charge in [-0.1, -0.05) is 18.3 Å². The van der Waals surface area contributed by atoms with E-state index < -0.39 is 6.10 Å². The minimum atomic E-state index is -0.577. The lowest BCUT2D eigenvalue weighted by Gasteiger charge is -2.12. The van der Waals surface area contributed by atoms with E-state index in [9.17, 15) is 9.90 Å². The Morgan fingerprint density at radius 2 is 2.15 bits per heavy atom. The van der Waals surface area contributed by atoms with Crippen molar-refractivity contribution < 1.29 is 9.90 Å². The number of carbonyl (C=O) groups excluding carboxylic acids is 1. The maximum atomic E-state index is 11.3. The molecule has 1 amide bonds. The molecule has 0 aliphatic carbocycles. The Morgan fingerprint density at radius 1 is 1.33 bits per heavy atom. The molecule has 0 bridgehead atoms. The summed E-state index contributed by atoms with van der Waals surface area (Å²) < 4.78 is 1.72. The second-order valence-corrected chi connectivity index (χ2v) is 7.27. The number of aliphatic hydroxyl groups is 1. The lowest BCUT2D eigenvalue weighted by atomic mass is 10.0. The van der Waals surface area contributed by atoms with Crippen LogP contribution in [0.15, 0.2) is 24.7 Å². The molecule has 4 rings (SSSR count). The lowest BCUT2D eigenvalue weighted by molar-refractivity contribution is -0.114. The second-order valence-electron chi connectivity index (χ2n) is 6.29. The Labute approximate surface area is 158 Å². The number of aryl methyl sites for hydroxylation is 1. The Bertz CT molecular complexity index is 1170. The number of amides is 1. The molecule has 138 valence electrons. The number of pyridine rings is 2. The molecule has 0 radical (unpaired) electrons. The lowest BCUT2D eigenvalue weighted by Crippen LogP contribution is -2.04. The fourth-order valence-corrected chi connectivity index (χ4v) is 3.95. The van der Waals surface area contributed by atoms with Gasteiger partial charge in [0.15, 0.2) is 10.8 Å². The highest BCUT2D eigenvalue weighted by Gasteiger charge is 2.17. The zero-order valence-corrected chi connectivity index (χ0v) is 15.9. The molecule has 1 unspecified atom stereocenters. The third-order valence-corrected chi connectivity index (χ3v) is 5.29. The monoisotopic (exact) mass is 382 g/mol. The molecule has 4 aromatic heterocycles. The molecule has 4 aromatic rings. The normalized spacial score (nSPS) is 12.6. The van der Waals surface area contributed by atoms with E-state index in [1.165, 1.54) is 24.6 Å². The summed E-state index contributed by atoms with van der Waals surface area (Å²) in [5.74, 6) is -0.172. The molecule has 0 saturated heterocycles. The molecule has 0 aliphatic rings. The number of rotatable bonds is 4. The van der Waals surface area contributed by atoms with Gasteiger partial charge in [0.2, 0.25) is 5.91 Å². The van der Waals surface area contributed by atoms with E-state index in [2.05, 4.69) is 25.4 Å². The number of nitrogens with zero attached hydrogens (tertiary/aromatic N) is 5. The summed E-state index contributed by atoms with van der Waals surface area (Å²) >= 11 is 1.35. The maximum Gasteiger partial charge on any atom is 0.223 e. The van der Waals surface area contributed by atoms with Gasteiger partial charge in [-0.3, -0.25) is 9.78 Å². The van der Waals surface area contributed by atoms with E-state index in [0.29, 0.717) is 28.4 Å². The van der Waals surface area contributed by atoms with Gasteiger partial charge in [0.1, 0.15) is 16.7 Å². The van der Waals surface area contributed by atoms with Crippen LogP contribution in [0.25, 0.3) is 27.1 Å². The van der Waals surface area contributed by atoms with Crippen LogP contribution in [0.5, 0.6) is 0 Å². The molecule has 0 aliphatic heterocycles. The summed E-state index contributed by atoms with van der Waals surface area (Å²) in [6.45, 7) is 5.34. The van der Waals surface area contributed by atoms with E-state index in [-0.39, 0.29) is 5.91 Å².